The molecule has 0 aromatic rings. The van der Waals surface area contributed by atoms with Crippen LogP contribution in [-0.4, -0.2) is 129 Å². The Kier molecular flexibility index (Phi) is 26.0. The molecule has 0 spiro atoms. The second kappa shape index (κ2) is 26.6. The molecule has 0 saturated carbocycles. The fourth-order valence-corrected chi connectivity index (χ4v) is 2.25. The van der Waals surface area contributed by atoms with Gasteiger partial charge in [0, 0.05) is 0 Å². The van der Waals surface area contributed by atoms with Crippen LogP contribution < -0.4 is 0 Å². The molecule has 192 valence electrons. The second-order valence-corrected chi connectivity index (χ2v) is 6.58. The number of hydrogen-bond donors (Lipinski definition) is 2. The maximum absolute atomic E-state index is 9.24. The molecule has 0 heterocycles. The molecule has 32 heavy (non-hydrogen) atoms. The molecule has 0 radical (unpaired) electrons. The third-order valence-corrected chi connectivity index (χ3v) is 4.14. The summed E-state index contributed by atoms with van der Waals surface area (Å²) in [6.07, 6.45) is 1.67. The third-order valence-electron chi connectivity index (χ3n) is 4.14. The number of aliphatic hydroxyl groups is 2. The third kappa shape index (κ3) is 22.5. The fourth-order valence-electron chi connectivity index (χ4n) is 2.25. The molecule has 0 saturated heterocycles. The minimum absolute atomic E-state index is 0.0274. The minimum atomic E-state index is -0.262. The zero-order valence-electron chi connectivity index (χ0n) is 19.8. The van der Waals surface area contributed by atoms with Crippen molar-refractivity contribution < 1.29 is 48.1 Å². The largest absolute Gasteiger partial charge is 0.394 e. The Bertz CT molecular complexity index is 395. The van der Waals surface area contributed by atoms with Gasteiger partial charge in [-0.25, -0.2) is 0 Å². The average Bonchev–Trinajstić information content (AvgIpc) is 2.81. The van der Waals surface area contributed by atoms with Crippen molar-refractivity contribution in [2.75, 3.05) is 112 Å². The van der Waals surface area contributed by atoms with Gasteiger partial charge in [0.25, 0.3) is 0 Å². The first-order valence-corrected chi connectivity index (χ1v) is 11.3. The molecule has 0 aliphatic carbocycles. The topological polar surface area (TPSA) is 114 Å². The zero-order valence-corrected chi connectivity index (χ0v) is 19.8. The van der Waals surface area contributed by atoms with Crippen LogP contribution in [0.4, 0.5) is 0 Å². The van der Waals surface area contributed by atoms with Gasteiger partial charge < -0.3 is 48.1 Å². The van der Waals surface area contributed by atoms with Gasteiger partial charge in [0.05, 0.1) is 112 Å². The van der Waals surface area contributed by atoms with E-state index in [0.717, 1.165) is 5.57 Å². The zero-order chi connectivity index (χ0) is 23.5. The molecule has 0 aliphatic heterocycles. The molecule has 0 aromatic heterocycles. The Balaban J connectivity index is 3.14. The Morgan fingerprint density at radius 2 is 0.875 bits per heavy atom. The van der Waals surface area contributed by atoms with Crippen LogP contribution in [0.5, 0.6) is 0 Å². The van der Waals surface area contributed by atoms with Crippen molar-refractivity contribution in [1.82, 2.24) is 0 Å². The first kappa shape index (κ1) is 31.3. The van der Waals surface area contributed by atoms with Crippen molar-refractivity contribution in [2.45, 2.75) is 20.0 Å². The minimum Gasteiger partial charge on any atom is -0.394 e. The Morgan fingerprint density at radius 1 is 0.562 bits per heavy atom. The van der Waals surface area contributed by atoms with Crippen molar-refractivity contribution in [3.05, 3.63) is 11.6 Å². The number of allylic oxidation sites excluding steroid dienone is 1. The van der Waals surface area contributed by atoms with Gasteiger partial charge in [0.2, 0.25) is 0 Å². The van der Waals surface area contributed by atoms with E-state index in [1.807, 2.05) is 19.9 Å². The summed E-state index contributed by atoms with van der Waals surface area (Å²) in [5, 5.41) is 17.8. The van der Waals surface area contributed by atoms with E-state index in [1.54, 1.807) is 0 Å². The van der Waals surface area contributed by atoms with Gasteiger partial charge in [-0.1, -0.05) is 6.08 Å². The second-order valence-electron chi connectivity index (χ2n) is 6.58. The number of rotatable bonds is 26. The highest BCUT2D eigenvalue weighted by Crippen LogP contribution is 2.04. The molecule has 0 aliphatic rings. The van der Waals surface area contributed by atoms with Crippen molar-refractivity contribution in [3.63, 3.8) is 0 Å². The van der Waals surface area contributed by atoms with Crippen LogP contribution in [-0.2, 0) is 37.9 Å². The van der Waals surface area contributed by atoms with E-state index >= 15 is 0 Å². The Hall–Kier alpha value is -0.660. The van der Waals surface area contributed by atoms with Crippen LogP contribution in [0.3, 0.4) is 0 Å². The SMILES string of the molecule is CC=C(C)C(CO)OCCOCCOCCOCCOCCOCCOCCOCCO. The highest BCUT2D eigenvalue weighted by Gasteiger charge is 2.08. The van der Waals surface area contributed by atoms with Crippen LogP contribution in [0.25, 0.3) is 0 Å². The summed E-state index contributed by atoms with van der Waals surface area (Å²) in [5.41, 5.74) is 1.01. The van der Waals surface area contributed by atoms with E-state index in [9.17, 15) is 5.11 Å². The Morgan fingerprint density at radius 3 is 1.16 bits per heavy atom. The summed E-state index contributed by atoms with van der Waals surface area (Å²) in [6, 6.07) is 0. The van der Waals surface area contributed by atoms with Crippen LogP contribution in [0, 0.1) is 0 Å². The molecule has 2 N–H and O–H groups in total. The van der Waals surface area contributed by atoms with Gasteiger partial charge >= 0.3 is 0 Å². The van der Waals surface area contributed by atoms with Gasteiger partial charge in [0.15, 0.2) is 0 Å². The molecule has 0 aromatic carbocycles. The van der Waals surface area contributed by atoms with E-state index in [4.69, 9.17) is 43.0 Å². The van der Waals surface area contributed by atoms with E-state index in [-0.39, 0.29) is 19.3 Å². The van der Waals surface area contributed by atoms with Crippen LogP contribution in [0.2, 0.25) is 0 Å². The lowest BCUT2D eigenvalue weighted by molar-refractivity contribution is -0.0297. The molecular weight excluding hydrogens is 424 g/mol. The summed E-state index contributed by atoms with van der Waals surface area (Å²) < 4.78 is 43.0. The molecule has 10 nitrogen and oxygen atoms in total. The predicted molar refractivity (Wildman–Crippen MR) is 119 cm³/mol. The van der Waals surface area contributed by atoms with E-state index in [2.05, 4.69) is 0 Å². The van der Waals surface area contributed by atoms with Gasteiger partial charge in [-0.2, -0.15) is 0 Å². The lowest BCUT2D eigenvalue weighted by Crippen LogP contribution is -2.22. The molecule has 10 heteroatoms. The highest BCUT2D eigenvalue weighted by molar-refractivity contribution is 5.03. The number of ether oxygens (including phenoxy) is 8. The van der Waals surface area contributed by atoms with Crippen molar-refractivity contribution in [3.8, 4) is 0 Å². The van der Waals surface area contributed by atoms with Crippen molar-refractivity contribution in [2.24, 2.45) is 0 Å². The molecule has 0 bridgehead atoms. The molecular formula is C22H44O10. The molecule has 1 atom stereocenters. The van der Waals surface area contributed by atoms with E-state index in [1.165, 1.54) is 0 Å². The fraction of sp³-hybridized carbons (Fsp3) is 0.909. The number of aliphatic hydroxyl groups excluding tert-OH is 2. The predicted octanol–water partition coefficient (Wildman–Crippen LogP) is 0.439. The summed E-state index contributed by atoms with van der Waals surface area (Å²) in [4.78, 5) is 0. The van der Waals surface area contributed by atoms with E-state index < -0.39 is 0 Å². The Labute approximate surface area is 192 Å². The molecule has 0 amide bonds. The highest BCUT2D eigenvalue weighted by atomic mass is 16.6. The summed E-state index contributed by atoms with van der Waals surface area (Å²) in [7, 11) is 0. The smallest absolute Gasteiger partial charge is 0.101 e. The quantitative estimate of drug-likeness (QED) is 0.137. The summed E-state index contributed by atoms with van der Waals surface area (Å²) in [5.74, 6) is 0. The maximum Gasteiger partial charge on any atom is 0.101 e. The van der Waals surface area contributed by atoms with Crippen molar-refractivity contribution >= 4 is 0 Å². The molecule has 0 rings (SSSR count). The van der Waals surface area contributed by atoms with Crippen LogP contribution in [0.1, 0.15) is 13.8 Å². The molecule has 0 fully saturated rings. The van der Waals surface area contributed by atoms with Crippen LogP contribution in [0.15, 0.2) is 11.6 Å². The van der Waals surface area contributed by atoms with Gasteiger partial charge in [-0.05, 0) is 19.4 Å². The van der Waals surface area contributed by atoms with Crippen molar-refractivity contribution in [1.29, 1.82) is 0 Å². The van der Waals surface area contributed by atoms with Gasteiger partial charge in [-0.3, -0.25) is 0 Å². The summed E-state index contributed by atoms with van der Waals surface area (Å²) >= 11 is 0. The lowest BCUT2D eigenvalue weighted by atomic mass is 10.2. The monoisotopic (exact) mass is 468 g/mol. The normalized spacial score (nSPS) is 13.1. The summed E-state index contributed by atoms with van der Waals surface area (Å²) in [6.45, 7) is 11.1. The first-order valence-electron chi connectivity index (χ1n) is 11.3. The van der Waals surface area contributed by atoms with Crippen LogP contribution >= 0.6 is 0 Å². The van der Waals surface area contributed by atoms with Gasteiger partial charge in [-0.15, -0.1) is 0 Å². The van der Waals surface area contributed by atoms with Gasteiger partial charge in [0.1, 0.15) is 6.10 Å². The van der Waals surface area contributed by atoms with E-state index in [0.29, 0.717) is 99.1 Å². The standard InChI is InChI=1S/C22H44O10/c1-3-21(2)22(20-24)32-19-18-31-17-16-30-15-14-29-13-12-28-11-10-27-9-8-26-7-6-25-5-4-23/h3,22-24H,4-20H2,1-2H3. The first-order chi connectivity index (χ1) is 15.8. The lowest BCUT2D eigenvalue weighted by Gasteiger charge is -2.16. The molecule has 1 unspecified atom stereocenters. The maximum atomic E-state index is 9.24. The average molecular weight is 469 g/mol. The number of hydrogen-bond acceptors (Lipinski definition) is 10.